The second-order valence-electron chi connectivity index (χ2n) is 11.9. The van der Waals surface area contributed by atoms with Crippen molar-refractivity contribution in [3.63, 3.8) is 0 Å². The summed E-state index contributed by atoms with van der Waals surface area (Å²) < 4.78 is 2.20. The minimum atomic E-state index is -2.82. The van der Waals surface area contributed by atoms with Crippen LogP contribution in [0.5, 0.6) is 0 Å². The minimum absolute atomic E-state index is 0.453. The molecule has 0 bridgehead atoms. The van der Waals surface area contributed by atoms with Crippen LogP contribution in [0.25, 0.3) is 38.6 Å². The lowest BCUT2D eigenvalue weighted by molar-refractivity contribution is 1.17. The first-order valence-electron chi connectivity index (χ1n) is 16.0. The van der Waals surface area contributed by atoms with E-state index in [1.54, 1.807) is 6.07 Å². The maximum atomic E-state index is 10.6. The highest BCUT2D eigenvalue weighted by Gasteiger charge is 2.41. The van der Waals surface area contributed by atoms with Crippen molar-refractivity contribution in [3.05, 3.63) is 187 Å². The molecule has 3 nitrogen and oxygen atoms in total. The zero-order valence-electron chi connectivity index (χ0n) is 26.1. The SMILES string of the molecule is N#Cc1cc(C#N)c(-n2c3ccccc3c3ccccc32)c(-c2cccc([Si](c3ccccc3)(c3ccccc3)c3ccccc3)c2)c1. The lowest BCUT2D eigenvalue weighted by Gasteiger charge is -2.34. The molecule has 0 aliphatic rings. The molecule has 0 aliphatic carbocycles. The predicted molar refractivity (Wildman–Crippen MR) is 199 cm³/mol. The van der Waals surface area contributed by atoms with Gasteiger partial charge in [0.2, 0.25) is 0 Å². The van der Waals surface area contributed by atoms with Gasteiger partial charge in [-0.3, -0.25) is 0 Å². The maximum Gasteiger partial charge on any atom is 0.179 e. The number of hydrogen-bond acceptors (Lipinski definition) is 2. The van der Waals surface area contributed by atoms with Crippen LogP contribution in [0, 0.1) is 22.7 Å². The number of fused-ring (bicyclic) bond motifs is 3. The van der Waals surface area contributed by atoms with Crippen molar-refractivity contribution in [3.8, 4) is 29.0 Å². The van der Waals surface area contributed by atoms with E-state index in [0.29, 0.717) is 11.1 Å². The number of para-hydroxylation sites is 2. The summed E-state index contributed by atoms with van der Waals surface area (Å²) in [6, 6.07) is 66.4. The van der Waals surface area contributed by atoms with Crippen LogP contribution >= 0.6 is 0 Å². The topological polar surface area (TPSA) is 52.5 Å². The zero-order valence-corrected chi connectivity index (χ0v) is 27.1. The summed E-state index contributed by atoms with van der Waals surface area (Å²) in [6.07, 6.45) is 0. The van der Waals surface area contributed by atoms with E-state index in [9.17, 15) is 10.5 Å². The third-order valence-corrected chi connectivity index (χ3v) is 14.2. The fourth-order valence-electron chi connectivity index (χ4n) is 7.39. The fraction of sp³-hybridized carbons (Fsp3) is 0. The van der Waals surface area contributed by atoms with E-state index in [0.717, 1.165) is 38.6 Å². The van der Waals surface area contributed by atoms with Gasteiger partial charge in [0.15, 0.2) is 8.07 Å². The highest BCUT2D eigenvalue weighted by atomic mass is 28.3. The summed E-state index contributed by atoms with van der Waals surface area (Å²) in [7, 11) is -2.82. The van der Waals surface area contributed by atoms with Crippen LogP contribution in [0.1, 0.15) is 11.1 Å². The van der Waals surface area contributed by atoms with E-state index >= 15 is 0 Å². The van der Waals surface area contributed by atoms with Crippen molar-refractivity contribution < 1.29 is 0 Å². The van der Waals surface area contributed by atoms with Crippen LogP contribution in [0.3, 0.4) is 0 Å². The van der Waals surface area contributed by atoms with Crippen molar-refractivity contribution in [2.75, 3.05) is 0 Å². The number of nitriles is 2. The largest absolute Gasteiger partial charge is 0.307 e. The molecule has 48 heavy (non-hydrogen) atoms. The quantitative estimate of drug-likeness (QED) is 0.141. The Morgan fingerprint density at radius 3 is 1.42 bits per heavy atom. The van der Waals surface area contributed by atoms with E-state index < -0.39 is 8.07 Å². The Kier molecular flexibility index (Phi) is 7.27. The second-order valence-corrected chi connectivity index (χ2v) is 15.8. The second kappa shape index (κ2) is 12.0. The van der Waals surface area contributed by atoms with Crippen LogP contribution in [-0.2, 0) is 0 Å². The standard InChI is InChI=1S/C44H29N3Si/c45-30-32-27-34(31-46)44(47-42-25-12-10-23-39(42)40-24-11-13-26-43(40)47)41(28-32)33-15-14-22-38(29-33)48(35-16-4-1-5-17-35,36-18-6-2-7-19-36)37-20-8-3-9-21-37/h1-29H. The van der Waals surface area contributed by atoms with Gasteiger partial charge >= 0.3 is 0 Å². The first-order chi connectivity index (χ1) is 23.7. The molecule has 4 heteroatoms. The molecule has 0 radical (unpaired) electrons. The van der Waals surface area contributed by atoms with Crippen LogP contribution in [0.15, 0.2) is 176 Å². The van der Waals surface area contributed by atoms with Crippen LogP contribution in [-0.4, -0.2) is 12.6 Å². The average molecular weight is 628 g/mol. The lowest BCUT2D eigenvalue weighted by atomic mass is 9.97. The normalized spacial score (nSPS) is 11.3. The van der Waals surface area contributed by atoms with Gasteiger partial charge in [0, 0.05) is 16.3 Å². The number of benzene rings is 7. The molecule has 0 atom stereocenters. The summed E-state index contributed by atoms with van der Waals surface area (Å²) in [5, 5.41) is 28.1. The Labute approximate surface area is 280 Å². The molecule has 0 saturated carbocycles. The van der Waals surface area contributed by atoms with Gasteiger partial charge in [0.1, 0.15) is 6.07 Å². The number of aromatic nitrogens is 1. The number of nitrogens with zero attached hydrogens (tertiary/aromatic N) is 3. The monoisotopic (exact) mass is 627 g/mol. The Bertz CT molecular complexity index is 2370. The third-order valence-electron chi connectivity index (χ3n) is 9.39. The highest BCUT2D eigenvalue weighted by Crippen LogP contribution is 2.38. The molecule has 1 aromatic heterocycles. The van der Waals surface area contributed by atoms with Crippen molar-refractivity contribution in [2.24, 2.45) is 0 Å². The van der Waals surface area contributed by atoms with Crippen molar-refractivity contribution >= 4 is 50.6 Å². The van der Waals surface area contributed by atoms with E-state index in [4.69, 9.17) is 0 Å². The molecule has 8 rings (SSSR count). The Morgan fingerprint density at radius 1 is 0.438 bits per heavy atom. The molecule has 1 heterocycles. The van der Waals surface area contributed by atoms with Gasteiger partial charge in [-0.15, -0.1) is 0 Å². The van der Waals surface area contributed by atoms with Crippen molar-refractivity contribution in [2.45, 2.75) is 0 Å². The molecule has 7 aromatic carbocycles. The van der Waals surface area contributed by atoms with E-state index in [-0.39, 0.29) is 0 Å². The van der Waals surface area contributed by atoms with Crippen LogP contribution in [0.2, 0.25) is 0 Å². The summed E-state index contributed by atoms with van der Waals surface area (Å²) in [5.74, 6) is 0. The molecule has 8 aromatic rings. The molecule has 0 N–H and O–H groups in total. The first kappa shape index (κ1) is 29.0. The smallest absolute Gasteiger partial charge is 0.179 e. The molecule has 0 aliphatic heterocycles. The van der Waals surface area contributed by atoms with Gasteiger partial charge in [0.25, 0.3) is 0 Å². The fourth-order valence-corrected chi connectivity index (χ4v) is 12.2. The molecule has 0 fully saturated rings. The zero-order chi connectivity index (χ0) is 32.5. The lowest BCUT2D eigenvalue weighted by Crippen LogP contribution is -2.74. The van der Waals surface area contributed by atoms with Crippen LogP contribution < -0.4 is 20.7 Å². The molecule has 0 saturated heterocycles. The summed E-state index contributed by atoms with van der Waals surface area (Å²) in [4.78, 5) is 0. The third kappa shape index (κ3) is 4.55. The Morgan fingerprint density at radius 2 is 0.917 bits per heavy atom. The molecular weight excluding hydrogens is 599 g/mol. The predicted octanol–water partition coefficient (Wildman–Crippen LogP) is 7.57. The van der Waals surface area contributed by atoms with Gasteiger partial charge in [-0.25, -0.2) is 0 Å². The number of hydrogen-bond donors (Lipinski definition) is 0. The summed E-state index contributed by atoms with van der Waals surface area (Å²) >= 11 is 0. The Balaban J connectivity index is 1.48. The molecular formula is C44H29N3Si. The first-order valence-corrected chi connectivity index (χ1v) is 18.0. The minimum Gasteiger partial charge on any atom is -0.307 e. The van der Waals surface area contributed by atoms with Gasteiger partial charge in [-0.1, -0.05) is 152 Å². The Hall–Kier alpha value is -6.46. The van der Waals surface area contributed by atoms with Crippen molar-refractivity contribution in [1.82, 2.24) is 4.57 Å². The van der Waals surface area contributed by atoms with Crippen LogP contribution in [0.4, 0.5) is 0 Å². The maximum absolute atomic E-state index is 10.6. The molecule has 224 valence electrons. The average Bonchev–Trinajstić information content (AvgIpc) is 3.50. The number of rotatable bonds is 6. The molecule has 0 amide bonds. The van der Waals surface area contributed by atoms with E-state index in [1.807, 2.05) is 18.2 Å². The van der Waals surface area contributed by atoms with E-state index in [1.165, 1.54) is 20.7 Å². The van der Waals surface area contributed by atoms with Crippen molar-refractivity contribution in [1.29, 1.82) is 10.5 Å². The highest BCUT2D eigenvalue weighted by molar-refractivity contribution is 7.19. The van der Waals surface area contributed by atoms with Gasteiger partial charge in [-0.05, 0) is 50.6 Å². The van der Waals surface area contributed by atoms with E-state index in [2.05, 4.69) is 168 Å². The van der Waals surface area contributed by atoms with Gasteiger partial charge in [0.05, 0.1) is 33.9 Å². The van der Waals surface area contributed by atoms with Gasteiger partial charge in [-0.2, -0.15) is 10.5 Å². The molecule has 0 spiro atoms. The van der Waals surface area contributed by atoms with Gasteiger partial charge < -0.3 is 4.57 Å². The summed E-state index contributed by atoms with van der Waals surface area (Å²) in [6.45, 7) is 0. The molecule has 0 unspecified atom stereocenters. The summed E-state index contributed by atoms with van der Waals surface area (Å²) in [5.41, 5.74) is 5.51.